The molecule has 0 aromatic heterocycles. The van der Waals surface area contributed by atoms with Gasteiger partial charge in [0.2, 0.25) is 0 Å². The molecule has 1 atom stereocenters. The molecule has 7 nitrogen and oxygen atoms in total. The van der Waals surface area contributed by atoms with Crippen molar-refractivity contribution >= 4 is 11.6 Å². The number of nitro groups is 1. The molecule has 2 rings (SSSR count). The van der Waals surface area contributed by atoms with E-state index in [4.69, 9.17) is 0 Å². The Bertz CT molecular complexity index is 735. The standard InChI is InChI=1S/C16H14F2N2O5/c17-16(18)25-13-7-3-11(4-8-13)15(22)19-9-14(21)10-1-5-12(6-2-10)20(23)24/h1-8,14,16,21H,9H2,(H,19,22)/t14-/m0/s1. The van der Waals surface area contributed by atoms with Crippen molar-refractivity contribution in [1.29, 1.82) is 0 Å². The van der Waals surface area contributed by atoms with Gasteiger partial charge in [0, 0.05) is 24.2 Å². The van der Waals surface area contributed by atoms with Crippen molar-refractivity contribution in [1.82, 2.24) is 5.32 Å². The van der Waals surface area contributed by atoms with E-state index >= 15 is 0 Å². The number of non-ortho nitro benzene ring substituents is 1. The fourth-order valence-electron chi connectivity index (χ4n) is 2.02. The van der Waals surface area contributed by atoms with Crippen LogP contribution < -0.4 is 10.1 Å². The molecular formula is C16H14F2N2O5. The van der Waals surface area contributed by atoms with E-state index in [1.54, 1.807) is 0 Å². The van der Waals surface area contributed by atoms with Gasteiger partial charge in [-0.25, -0.2) is 0 Å². The molecule has 2 N–H and O–H groups in total. The van der Waals surface area contributed by atoms with E-state index < -0.39 is 23.5 Å². The second-order valence-corrected chi connectivity index (χ2v) is 4.98. The number of hydrogen-bond donors (Lipinski definition) is 2. The lowest BCUT2D eigenvalue weighted by Crippen LogP contribution is -2.28. The first-order valence-electron chi connectivity index (χ1n) is 7.12. The summed E-state index contributed by atoms with van der Waals surface area (Å²) in [7, 11) is 0. The van der Waals surface area contributed by atoms with Crippen LogP contribution in [0.25, 0.3) is 0 Å². The lowest BCUT2D eigenvalue weighted by molar-refractivity contribution is -0.384. The van der Waals surface area contributed by atoms with Gasteiger partial charge in [-0.2, -0.15) is 8.78 Å². The van der Waals surface area contributed by atoms with Gasteiger partial charge in [0.25, 0.3) is 11.6 Å². The molecule has 0 aliphatic heterocycles. The van der Waals surface area contributed by atoms with Crippen LogP contribution in [0.15, 0.2) is 48.5 Å². The summed E-state index contributed by atoms with van der Waals surface area (Å²) in [5, 5.41) is 23.1. The topological polar surface area (TPSA) is 102 Å². The molecule has 0 aliphatic carbocycles. The molecule has 2 aromatic carbocycles. The van der Waals surface area contributed by atoms with E-state index in [0.717, 1.165) is 0 Å². The first-order valence-corrected chi connectivity index (χ1v) is 7.12. The van der Waals surface area contributed by atoms with E-state index in [1.165, 1.54) is 48.5 Å². The minimum absolute atomic E-state index is 0.0718. The number of halogens is 2. The Kier molecular flexibility index (Phi) is 5.96. The SMILES string of the molecule is O=C(NC[C@H](O)c1ccc([N+](=O)[O-])cc1)c1ccc(OC(F)F)cc1. The normalized spacial score (nSPS) is 11.8. The third kappa shape index (κ3) is 5.21. The number of nitro benzene ring substituents is 1. The zero-order chi connectivity index (χ0) is 18.4. The predicted molar refractivity (Wildman–Crippen MR) is 83.5 cm³/mol. The molecule has 0 aliphatic rings. The summed E-state index contributed by atoms with van der Waals surface area (Å²) in [6.07, 6.45) is -1.05. The van der Waals surface area contributed by atoms with Crippen molar-refractivity contribution in [3.8, 4) is 5.75 Å². The van der Waals surface area contributed by atoms with Crippen molar-refractivity contribution in [2.45, 2.75) is 12.7 Å². The molecule has 0 fully saturated rings. The predicted octanol–water partition coefficient (Wildman–Crippen LogP) is 2.66. The number of aliphatic hydroxyl groups is 1. The first-order chi connectivity index (χ1) is 11.9. The Morgan fingerprint density at radius 1 is 1.16 bits per heavy atom. The molecule has 1 amide bonds. The molecular weight excluding hydrogens is 338 g/mol. The smallest absolute Gasteiger partial charge is 0.387 e. The summed E-state index contributed by atoms with van der Waals surface area (Å²) in [5.41, 5.74) is 0.509. The van der Waals surface area contributed by atoms with Crippen LogP contribution in [0.1, 0.15) is 22.0 Å². The highest BCUT2D eigenvalue weighted by Crippen LogP contribution is 2.18. The largest absolute Gasteiger partial charge is 0.435 e. The number of ether oxygens (including phenoxy) is 1. The number of hydrogen-bond acceptors (Lipinski definition) is 5. The summed E-state index contributed by atoms with van der Waals surface area (Å²) >= 11 is 0. The van der Waals surface area contributed by atoms with Crippen molar-refractivity contribution in [2.24, 2.45) is 0 Å². The van der Waals surface area contributed by atoms with Crippen LogP contribution in [0, 0.1) is 10.1 Å². The average molecular weight is 352 g/mol. The van der Waals surface area contributed by atoms with Gasteiger partial charge in [0.15, 0.2) is 0 Å². The van der Waals surface area contributed by atoms with Gasteiger partial charge in [-0.05, 0) is 42.0 Å². The number of carbonyl (C=O) groups is 1. The van der Waals surface area contributed by atoms with Gasteiger partial charge in [-0.1, -0.05) is 0 Å². The van der Waals surface area contributed by atoms with Crippen LogP contribution in [-0.4, -0.2) is 29.1 Å². The Labute approximate surface area is 141 Å². The monoisotopic (exact) mass is 352 g/mol. The molecule has 25 heavy (non-hydrogen) atoms. The zero-order valence-electron chi connectivity index (χ0n) is 12.8. The van der Waals surface area contributed by atoms with Crippen LogP contribution >= 0.6 is 0 Å². The summed E-state index contributed by atoms with van der Waals surface area (Å²) < 4.78 is 28.3. The van der Waals surface area contributed by atoms with E-state index in [2.05, 4.69) is 10.1 Å². The molecule has 132 valence electrons. The van der Waals surface area contributed by atoms with Gasteiger partial charge in [-0.15, -0.1) is 0 Å². The Morgan fingerprint density at radius 3 is 2.28 bits per heavy atom. The number of amides is 1. The number of aliphatic hydroxyl groups excluding tert-OH is 1. The molecule has 9 heteroatoms. The van der Waals surface area contributed by atoms with Crippen LogP contribution in [0.3, 0.4) is 0 Å². The lowest BCUT2D eigenvalue weighted by Gasteiger charge is -2.12. The lowest BCUT2D eigenvalue weighted by atomic mass is 10.1. The summed E-state index contributed by atoms with van der Waals surface area (Å²) in [6, 6.07) is 10.4. The maximum atomic E-state index is 12.1. The Balaban J connectivity index is 1.91. The maximum absolute atomic E-state index is 12.1. The third-order valence-corrected chi connectivity index (χ3v) is 3.29. The molecule has 0 radical (unpaired) electrons. The van der Waals surface area contributed by atoms with Crippen LogP contribution in [0.2, 0.25) is 0 Å². The van der Waals surface area contributed by atoms with Crippen molar-refractivity contribution < 1.29 is 28.3 Å². The zero-order valence-corrected chi connectivity index (χ0v) is 12.8. The summed E-state index contributed by atoms with van der Waals surface area (Å²) in [6.45, 7) is -3.07. The van der Waals surface area contributed by atoms with E-state index in [-0.39, 0.29) is 23.5 Å². The van der Waals surface area contributed by atoms with Crippen molar-refractivity contribution in [3.63, 3.8) is 0 Å². The average Bonchev–Trinajstić information content (AvgIpc) is 2.59. The maximum Gasteiger partial charge on any atom is 0.387 e. The molecule has 0 heterocycles. The molecule has 0 saturated heterocycles. The van der Waals surface area contributed by atoms with E-state index in [0.29, 0.717) is 5.56 Å². The minimum Gasteiger partial charge on any atom is -0.435 e. The quantitative estimate of drug-likeness (QED) is 0.589. The Hall–Kier alpha value is -3.07. The van der Waals surface area contributed by atoms with Gasteiger partial charge < -0.3 is 15.2 Å². The minimum atomic E-state index is -2.95. The number of benzene rings is 2. The number of nitrogens with zero attached hydrogens (tertiary/aromatic N) is 1. The first kappa shape index (κ1) is 18.3. The highest BCUT2D eigenvalue weighted by Gasteiger charge is 2.13. The van der Waals surface area contributed by atoms with Gasteiger partial charge >= 0.3 is 6.61 Å². The molecule has 0 spiro atoms. The Morgan fingerprint density at radius 2 is 1.76 bits per heavy atom. The fourth-order valence-corrected chi connectivity index (χ4v) is 2.02. The number of alkyl halides is 2. The van der Waals surface area contributed by atoms with Gasteiger partial charge in [-0.3, -0.25) is 14.9 Å². The number of rotatable bonds is 7. The molecule has 0 bridgehead atoms. The summed E-state index contributed by atoms with van der Waals surface area (Å²) in [5.74, 6) is -0.581. The van der Waals surface area contributed by atoms with Gasteiger partial charge in [0.1, 0.15) is 5.75 Å². The highest BCUT2D eigenvalue weighted by atomic mass is 19.3. The second kappa shape index (κ2) is 8.15. The van der Waals surface area contributed by atoms with Crippen molar-refractivity contribution in [3.05, 3.63) is 69.8 Å². The highest BCUT2D eigenvalue weighted by molar-refractivity contribution is 5.94. The number of carbonyl (C=O) groups excluding carboxylic acids is 1. The molecule has 2 aromatic rings. The van der Waals surface area contributed by atoms with Crippen LogP contribution in [-0.2, 0) is 0 Å². The van der Waals surface area contributed by atoms with Crippen LogP contribution in [0.5, 0.6) is 5.75 Å². The van der Waals surface area contributed by atoms with E-state index in [9.17, 15) is 28.8 Å². The summed E-state index contributed by atoms with van der Waals surface area (Å²) in [4.78, 5) is 22.0. The molecule has 0 saturated carbocycles. The van der Waals surface area contributed by atoms with E-state index in [1.807, 2.05) is 0 Å². The fraction of sp³-hybridized carbons (Fsp3) is 0.188. The van der Waals surface area contributed by atoms with Crippen LogP contribution in [0.4, 0.5) is 14.5 Å². The third-order valence-electron chi connectivity index (χ3n) is 3.29. The van der Waals surface area contributed by atoms with Gasteiger partial charge in [0.05, 0.1) is 11.0 Å². The second-order valence-electron chi connectivity index (χ2n) is 4.98. The molecule has 0 unspecified atom stereocenters. The number of nitrogens with one attached hydrogen (secondary N) is 1. The van der Waals surface area contributed by atoms with Crippen molar-refractivity contribution in [2.75, 3.05) is 6.54 Å².